The second kappa shape index (κ2) is 14.2. The van der Waals surface area contributed by atoms with Crippen molar-refractivity contribution in [2.24, 2.45) is 5.92 Å². The van der Waals surface area contributed by atoms with Gasteiger partial charge in [-0.05, 0) is 57.4 Å². The smallest absolute Gasteiger partial charge is 0.391 e. The molecule has 0 heterocycles. The van der Waals surface area contributed by atoms with Crippen LogP contribution in [0.5, 0.6) is 0 Å². The molecule has 1 aliphatic rings. The SMILES string of the molecule is CCC[C@H](O)[C@H](CNCCC1CC1)NC(=O)CNC(=O)c1cc(C(F)(F)F)ccc1NC(=O)NC(C)C. The predicted octanol–water partition coefficient (Wildman–Crippen LogP) is 3.00. The Balaban J connectivity index is 2.03. The van der Waals surface area contributed by atoms with Crippen LogP contribution in [0.1, 0.15) is 68.8 Å². The molecule has 6 N–H and O–H groups in total. The fourth-order valence-corrected chi connectivity index (χ4v) is 3.70. The third-order valence-corrected chi connectivity index (χ3v) is 5.85. The highest BCUT2D eigenvalue weighted by molar-refractivity contribution is 6.04. The van der Waals surface area contributed by atoms with Gasteiger partial charge in [0.2, 0.25) is 5.91 Å². The third kappa shape index (κ3) is 11.0. The van der Waals surface area contributed by atoms with Crippen molar-refractivity contribution in [3.63, 3.8) is 0 Å². The maximum absolute atomic E-state index is 13.2. The highest BCUT2D eigenvalue weighted by atomic mass is 19.4. The van der Waals surface area contributed by atoms with Crippen LogP contribution < -0.4 is 26.6 Å². The molecule has 0 unspecified atom stereocenters. The van der Waals surface area contributed by atoms with Gasteiger partial charge in [0.05, 0.1) is 35.5 Å². The lowest BCUT2D eigenvalue weighted by atomic mass is 10.1. The van der Waals surface area contributed by atoms with E-state index in [4.69, 9.17) is 0 Å². The summed E-state index contributed by atoms with van der Waals surface area (Å²) in [5, 5.41) is 23.6. The fourth-order valence-electron chi connectivity index (χ4n) is 3.70. The minimum Gasteiger partial charge on any atom is -0.391 e. The minimum absolute atomic E-state index is 0.139. The molecule has 1 aromatic carbocycles. The Morgan fingerprint density at radius 2 is 1.84 bits per heavy atom. The van der Waals surface area contributed by atoms with Gasteiger partial charge in [0.15, 0.2) is 0 Å². The minimum atomic E-state index is -4.71. The molecule has 2 atom stereocenters. The van der Waals surface area contributed by atoms with E-state index in [2.05, 4.69) is 26.6 Å². The van der Waals surface area contributed by atoms with Crippen molar-refractivity contribution in [3.8, 4) is 0 Å². The van der Waals surface area contributed by atoms with Crippen molar-refractivity contribution < 1.29 is 32.7 Å². The Morgan fingerprint density at radius 3 is 2.43 bits per heavy atom. The number of hydrogen-bond acceptors (Lipinski definition) is 5. The number of halogens is 3. The number of benzene rings is 1. The molecule has 9 nitrogen and oxygen atoms in total. The van der Waals surface area contributed by atoms with Crippen LogP contribution >= 0.6 is 0 Å². The summed E-state index contributed by atoms with van der Waals surface area (Å²) >= 11 is 0. The van der Waals surface area contributed by atoms with E-state index < -0.39 is 53.8 Å². The van der Waals surface area contributed by atoms with Gasteiger partial charge < -0.3 is 31.7 Å². The molecule has 4 amide bonds. The van der Waals surface area contributed by atoms with Gasteiger partial charge in [-0.25, -0.2) is 4.79 Å². The molecule has 208 valence electrons. The monoisotopic (exact) mass is 529 g/mol. The number of carbonyl (C=O) groups excluding carboxylic acids is 3. The van der Waals surface area contributed by atoms with Crippen molar-refractivity contribution in [2.45, 2.75) is 77.2 Å². The maximum Gasteiger partial charge on any atom is 0.416 e. The van der Waals surface area contributed by atoms with E-state index in [1.54, 1.807) is 13.8 Å². The van der Waals surface area contributed by atoms with Crippen LogP contribution in [-0.2, 0) is 11.0 Å². The average Bonchev–Trinajstić information content (AvgIpc) is 3.63. The first-order valence-electron chi connectivity index (χ1n) is 12.7. The lowest BCUT2D eigenvalue weighted by Gasteiger charge is -2.24. The lowest BCUT2D eigenvalue weighted by molar-refractivity contribution is -0.137. The van der Waals surface area contributed by atoms with E-state index in [1.165, 1.54) is 12.8 Å². The summed E-state index contributed by atoms with van der Waals surface area (Å²) in [6, 6.07) is 0.842. The van der Waals surface area contributed by atoms with Gasteiger partial charge in [-0.15, -0.1) is 0 Å². The molecule has 0 spiro atoms. The van der Waals surface area contributed by atoms with E-state index in [-0.39, 0.29) is 11.7 Å². The van der Waals surface area contributed by atoms with Gasteiger partial charge in [-0.1, -0.05) is 26.2 Å². The Kier molecular flexibility index (Phi) is 11.6. The number of alkyl halides is 3. The molecule has 1 saturated carbocycles. The number of rotatable bonds is 14. The lowest BCUT2D eigenvalue weighted by Crippen LogP contribution is -2.51. The zero-order valence-corrected chi connectivity index (χ0v) is 21.5. The summed E-state index contributed by atoms with van der Waals surface area (Å²) in [7, 11) is 0. The summed E-state index contributed by atoms with van der Waals surface area (Å²) in [5.74, 6) is -0.825. The second-order valence-electron chi connectivity index (χ2n) is 9.66. The van der Waals surface area contributed by atoms with E-state index in [0.29, 0.717) is 25.5 Å². The molecule has 1 aliphatic carbocycles. The zero-order chi connectivity index (χ0) is 27.6. The molecule has 12 heteroatoms. The summed E-state index contributed by atoms with van der Waals surface area (Å²) in [4.78, 5) is 37.4. The standard InChI is InChI=1S/C25H38F3N5O4/c1-4-5-21(34)20(13-29-11-10-16-6-7-16)32-22(35)14-30-23(36)18-12-17(25(26,27)28)8-9-19(18)33-24(37)31-15(2)3/h8-9,12,15-16,20-21,29,34H,4-7,10-11,13-14H2,1-3H3,(H,30,36)(H,32,35)(H2,31,33,37)/t20-,21-/m0/s1. The molecule has 2 rings (SSSR count). The van der Waals surface area contributed by atoms with Crippen molar-refractivity contribution in [2.75, 3.05) is 25.0 Å². The average molecular weight is 530 g/mol. The number of hydrogen-bond donors (Lipinski definition) is 6. The largest absolute Gasteiger partial charge is 0.416 e. The number of anilines is 1. The van der Waals surface area contributed by atoms with Crippen molar-refractivity contribution in [1.29, 1.82) is 0 Å². The normalized spacial score (nSPS) is 15.1. The summed E-state index contributed by atoms with van der Waals surface area (Å²) in [5.41, 5.74) is -1.65. The number of carbonyl (C=O) groups is 3. The summed E-state index contributed by atoms with van der Waals surface area (Å²) in [6.45, 7) is 5.90. The molecule has 0 radical (unpaired) electrons. The van der Waals surface area contributed by atoms with Gasteiger partial charge >= 0.3 is 12.2 Å². The number of nitrogens with one attached hydrogen (secondary N) is 5. The molecular formula is C25H38F3N5O4. The van der Waals surface area contributed by atoms with Crippen LogP contribution in [0.2, 0.25) is 0 Å². The number of aliphatic hydroxyl groups is 1. The van der Waals surface area contributed by atoms with Crippen molar-refractivity contribution in [3.05, 3.63) is 29.3 Å². The highest BCUT2D eigenvalue weighted by Gasteiger charge is 2.32. The first-order valence-corrected chi connectivity index (χ1v) is 12.7. The van der Waals surface area contributed by atoms with Gasteiger partial charge in [0, 0.05) is 12.6 Å². The molecule has 0 aliphatic heterocycles. The van der Waals surface area contributed by atoms with Gasteiger partial charge in [-0.2, -0.15) is 13.2 Å². The zero-order valence-electron chi connectivity index (χ0n) is 21.5. The van der Waals surface area contributed by atoms with E-state index in [0.717, 1.165) is 31.0 Å². The summed E-state index contributed by atoms with van der Waals surface area (Å²) < 4.78 is 39.7. The quantitative estimate of drug-likeness (QED) is 0.206. The molecular weight excluding hydrogens is 491 g/mol. The highest BCUT2D eigenvalue weighted by Crippen LogP contribution is 2.32. The molecule has 0 aromatic heterocycles. The Morgan fingerprint density at radius 1 is 1.14 bits per heavy atom. The molecule has 0 bridgehead atoms. The fraction of sp³-hybridized carbons (Fsp3) is 0.640. The Labute approximate surface area is 215 Å². The Bertz CT molecular complexity index is 922. The van der Waals surface area contributed by atoms with Crippen molar-refractivity contribution >= 4 is 23.5 Å². The van der Waals surface area contributed by atoms with Crippen LogP contribution in [0.3, 0.4) is 0 Å². The molecule has 0 saturated heterocycles. The van der Waals surface area contributed by atoms with Crippen LogP contribution in [0, 0.1) is 5.92 Å². The van der Waals surface area contributed by atoms with Crippen LogP contribution in [0.25, 0.3) is 0 Å². The van der Waals surface area contributed by atoms with Gasteiger partial charge in [-0.3, -0.25) is 9.59 Å². The first kappa shape index (κ1) is 30.4. The van der Waals surface area contributed by atoms with E-state index in [1.807, 2.05) is 6.92 Å². The summed E-state index contributed by atoms with van der Waals surface area (Å²) in [6.07, 6.45) is -0.834. The molecule has 1 fully saturated rings. The number of urea groups is 1. The van der Waals surface area contributed by atoms with Gasteiger partial charge in [0.1, 0.15) is 0 Å². The predicted molar refractivity (Wildman–Crippen MR) is 134 cm³/mol. The second-order valence-corrected chi connectivity index (χ2v) is 9.66. The first-order chi connectivity index (χ1) is 17.4. The van der Waals surface area contributed by atoms with Crippen LogP contribution in [0.15, 0.2) is 18.2 Å². The molecule has 37 heavy (non-hydrogen) atoms. The topological polar surface area (TPSA) is 132 Å². The van der Waals surface area contributed by atoms with E-state index >= 15 is 0 Å². The third-order valence-electron chi connectivity index (χ3n) is 5.85. The van der Waals surface area contributed by atoms with Crippen LogP contribution in [0.4, 0.5) is 23.7 Å². The molecule has 1 aromatic rings. The number of amides is 4. The maximum atomic E-state index is 13.2. The van der Waals surface area contributed by atoms with Gasteiger partial charge in [0.25, 0.3) is 5.91 Å². The Hall–Kier alpha value is -2.86. The number of aliphatic hydroxyl groups excluding tert-OH is 1. The van der Waals surface area contributed by atoms with Crippen molar-refractivity contribution in [1.82, 2.24) is 21.3 Å². The van der Waals surface area contributed by atoms with Crippen LogP contribution in [-0.4, -0.2) is 60.8 Å². The van der Waals surface area contributed by atoms with E-state index in [9.17, 15) is 32.7 Å².